The molecule has 1 fully saturated rings. The SMILES string of the molecule is COC(=O)C1CP(=S)(c2ccccc2)CCC1=O. The minimum absolute atomic E-state index is 0.0294. The summed E-state index contributed by atoms with van der Waals surface area (Å²) in [6, 6.07) is 8.04. The summed E-state index contributed by atoms with van der Waals surface area (Å²) in [6.07, 6.45) is 1.59. The van der Waals surface area contributed by atoms with E-state index in [-0.39, 0.29) is 5.78 Å². The van der Waals surface area contributed by atoms with Crippen LogP contribution in [0.1, 0.15) is 6.42 Å². The number of benzene rings is 1. The van der Waals surface area contributed by atoms with E-state index in [0.717, 1.165) is 11.5 Å². The number of carbonyl (C=O) groups is 2. The molecule has 0 aliphatic carbocycles. The molecular formula is C13H15O3PS. The Morgan fingerprint density at radius 3 is 2.67 bits per heavy atom. The van der Waals surface area contributed by atoms with E-state index >= 15 is 0 Å². The molecular weight excluding hydrogens is 267 g/mol. The summed E-state index contributed by atoms with van der Waals surface area (Å²) in [5, 5.41) is 1.11. The van der Waals surface area contributed by atoms with Crippen LogP contribution in [0.15, 0.2) is 30.3 Å². The van der Waals surface area contributed by atoms with Gasteiger partial charge in [0.05, 0.1) is 7.11 Å². The van der Waals surface area contributed by atoms with Crippen LogP contribution < -0.4 is 5.30 Å². The van der Waals surface area contributed by atoms with Gasteiger partial charge in [0.1, 0.15) is 11.7 Å². The molecule has 0 radical (unpaired) electrons. The van der Waals surface area contributed by atoms with Crippen LogP contribution in [0.25, 0.3) is 0 Å². The van der Waals surface area contributed by atoms with Gasteiger partial charge in [-0.25, -0.2) is 0 Å². The highest BCUT2D eigenvalue weighted by Gasteiger charge is 2.38. The standard InChI is InChI=1S/C13H15O3PS/c1-16-13(15)11-9-17(18,8-7-12(11)14)10-5-3-2-4-6-10/h2-6,11H,7-9H2,1H3. The highest BCUT2D eigenvalue weighted by Crippen LogP contribution is 2.50. The molecule has 2 unspecified atom stereocenters. The van der Waals surface area contributed by atoms with Crippen LogP contribution in [0.5, 0.6) is 0 Å². The van der Waals surface area contributed by atoms with Gasteiger partial charge in [0.2, 0.25) is 0 Å². The summed E-state index contributed by atoms with van der Waals surface area (Å²) in [6.45, 7) is 0. The van der Waals surface area contributed by atoms with E-state index < -0.39 is 17.9 Å². The Hall–Kier alpha value is -0.990. The Balaban J connectivity index is 2.29. The zero-order chi connectivity index (χ0) is 13.2. The molecule has 1 aliphatic heterocycles. The van der Waals surface area contributed by atoms with Gasteiger partial charge in [-0.1, -0.05) is 42.1 Å². The van der Waals surface area contributed by atoms with Gasteiger partial charge in [0, 0.05) is 12.6 Å². The fourth-order valence-corrected chi connectivity index (χ4v) is 6.21. The Bertz CT molecular complexity index is 504. The van der Waals surface area contributed by atoms with Crippen molar-refractivity contribution in [2.75, 3.05) is 19.4 Å². The topological polar surface area (TPSA) is 43.4 Å². The first-order valence-electron chi connectivity index (χ1n) is 5.81. The van der Waals surface area contributed by atoms with Crippen molar-refractivity contribution in [2.24, 2.45) is 5.92 Å². The van der Waals surface area contributed by atoms with Crippen LogP contribution >= 0.6 is 6.04 Å². The number of esters is 1. The number of ketones is 1. The molecule has 1 heterocycles. The van der Waals surface area contributed by atoms with Crippen molar-refractivity contribution in [3.05, 3.63) is 30.3 Å². The summed E-state index contributed by atoms with van der Waals surface area (Å²) in [4.78, 5) is 23.4. The maximum Gasteiger partial charge on any atom is 0.316 e. The minimum atomic E-state index is -1.81. The Labute approximate surface area is 112 Å². The number of Topliss-reactive ketones (excluding diaryl/α,β-unsaturated/α-hetero) is 1. The molecule has 1 aliphatic rings. The molecule has 2 rings (SSSR count). The number of hydrogen-bond donors (Lipinski definition) is 0. The molecule has 5 heteroatoms. The average Bonchev–Trinajstić information content (AvgIpc) is 2.42. The van der Waals surface area contributed by atoms with E-state index in [0.29, 0.717) is 12.6 Å². The molecule has 1 aromatic carbocycles. The summed E-state index contributed by atoms with van der Waals surface area (Å²) in [7, 11) is 1.32. The molecule has 0 spiro atoms. The van der Waals surface area contributed by atoms with Gasteiger partial charge in [0.25, 0.3) is 0 Å². The lowest BCUT2D eigenvalue weighted by atomic mass is 10.0. The molecule has 0 N–H and O–H groups in total. The molecule has 1 aromatic rings. The Kier molecular flexibility index (Phi) is 3.98. The molecule has 0 bridgehead atoms. The van der Waals surface area contributed by atoms with Gasteiger partial charge in [-0.2, -0.15) is 0 Å². The second-order valence-corrected chi connectivity index (χ2v) is 9.63. The third-order valence-electron chi connectivity index (χ3n) is 3.30. The highest BCUT2D eigenvalue weighted by molar-refractivity contribution is 8.18. The first-order valence-corrected chi connectivity index (χ1v) is 8.98. The summed E-state index contributed by atoms with van der Waals surface area (Å²) >= 11 is 5.77. The summed E-state index contributed by atoms with van der Waals surface area (Å²) in [5.41, 5.74) is 0. The Morgan fingerprint density at radius 2 is 2.06 bits per heavy atom. The van der Waals surface area contributed by atoms with Gasteiger partial charge in [-0.15, -0.1) is 0 Å². The first kappa shape index (κ1) is 13.4. The van der Waals surface area contributed by atoms with Crippen LogP contribution in [0.2, 0.25) is 0 Å². The lowest BCUT2D eigenvalue weighted by Crippen LogP contribution is -2.35. The van der Waals surface area contributed by atoms with Crippen LogP contribution in [0, 0.1) is 5.92 Å². The van der Waals surface area contributed by atoms with Crippen molar-refractivity contribution in [3.63, 3.8) is 0 Å². The number of ether oxygens (including phenoxy) is 1. The monoisotopic (exact) mass is 282 g/mol. The number of methoxy groups -OCH3 is 1. The van der Waals surface area contributed by atoms with E-state index in [1.54, 1.807) is 0 Å². The highest BCUT2D eigenvalue weighted by atomic mass is 32.4. The molecule has 18 heavy (non-hydrogen) atoms. The normalized spacial score (nSPS) is 27.8. The van der Waals surface area contributed by atoms with Crippen molar-refractivity contribution in [3.8, 4) is 0 Å². The number of hydrogen-bond acceptors (Lipinski definition) is 4. The fourth-order valence-electron chi connectivity index (χ4n) is 2.24. The lowest BCUT2D eigenvalue weighted by Gasteiger charge is -2.30. The van der Waals surface area contributed by atoms with Crippen LogP contribution in [-0.4, -0.2) is 31.2 Å². The zero-order valence-electron chi connectivity index (χ0n) is 10.2. The lowest BCUT2D eigenvalue weighted by molar-refractivity contribution is -0.148. The van der Waals surface area contributed by atoms with Crippen molar-refractivity contribution < 1.29 is 14.3 Å². The summed E-state index contributed by atoms with van der Waals surface area (Å²) < 4.78 is 4.70. The number of rotatable bonds is 2. The largest absolute Gasteiger partial charge is 0.468 e. The van der Waals surface area contributed by atoms with Crippen molar-refractivity contribution in [2.45, 2.75) is 6.42 Å². The summed E-state index contributed by atoms with van der Waals surface area (Å²) in [5.74, 6) is -1.13. The van der Waals surface area contributed by atoms with Crippen LogP contribution in [-0.2, 0) is 26.1 Å². The maximum atomic E-state index is 11.8. The third-order valence-corrected chi connectivity index (χ3v) is 8.07. The van der Waals surface area contributed by atoms with Crippen LogP contribution in [0.3, 0.4) is 0 Å². The Morgan fingerprint density at radius 1 is 1.39 bits per heavy atom. The second-order valence-electron chi connectivity index (χ2n) is 4.42. The number of carbonyl (C=O) groups excluding carboxylic acids is 2. The van der Waals surface area contributed by atoms with Gasteiger partial charge in [-0.3, -0.25) is 9.59 Å². The quantitative estimate of drug-likeness (QED) is 0.469. The van der Waals surface area contributed by atoms with Gasteiger partial charge < -0.3 is 4.74 Å². The van der Waals surface area contributed by atoms with E-state index in [1.165, 1.54) is 7.11 Å². The van der Waals surface area contributed by atoms with Crippen LogP contribution in [0.4, 0.5) is 0 Å². The van der Waals surface area contributed by atoms with Gasteiger partial charge >= 0.3 is 5.97 Å². The van der Waals surface area contributed by atoms with Gasteiger partial charge in [-0.05, 0) is 17.5 Å². The molecule has 1 saturated heterocycles. The first-order chi connectivity index (χ1) is 8.57. The molecule has 3 nitrogen and oxygen atoms in total. The van der Waals surface area contributed by atoms with Gasteiger partial charge in [0.15, 0.2) is 0 Å². The second kappa shape index (κ2) is 5.33. The van der Waals surface area contributed by atoms with E-state index in [2.05, 4.69) is 0 Å². The molecule has 2 atom stereocenters. The molecule has 0 aromatic heterocycles. The van der Waals surface area contributed by atoms with Crippen molar-refractivity contribution in [1.29, 1.82) is 0 Å². The minimum Gasteiger partial charge on any atom is -0.468 e. The average molecular weight is 282 g/mol. The fraction of sp³-hybridized carbons (Fsp3) is 0.385. The third kappa shape index (κ3) is 2.55. The molecule has 0 saturated carbocycles. The molecule has 96 valence electrons. The van der Waals surface area contributed by atoms with Crippen molar-refractivity contribution in [1.82, 2.24) is 0 Å². The maximum absolute atomic E-state index is 11.8. The molecule has 0 amide bonds. The van der Waals surface area contributed by atoms with E-state index in [4.69, 9.17) is 16.5 Å². The smallest absolute Gasteiger partial charge is 0.316 e. The van der Waals surface area contributed by atoms with E-state index in [1.807, 2.05) is 30.3 Å². The predicted molar refractivity (Wildman–Crippen MR) is 75.2 cm³/mol. The predicted octanol–water partition coefficient (Wildman–Crippen LogP) is 1.55. The zero-order valence-corrected chi connectivity index (χ0v) is 11.9. The van der Waals surface area contributed by atoms with Crippen molar-refractivity contribution >= 4 is 34.9 Å². The van der Waals surface area contributed by atoms with E-state index in [9.17, 15) is 9.59 Å².